The highest BCUT2D eigenvalue weighted by Crippen LogP contribution is 2.28. The molecule has 0 fully saturated rings. The molecule has 0 aliphatic carbocycles. The zero-order chi connectivity index (χ0) is 13.2. The number of fused-ring (bicyclic) bond motifs is 1. The van der Waals surface area contributed by atoms with Crippen molar-refractivity contribution in [1.82, 2.24) is 9.38 Å². The first-order valence-corrected chi connectivity index (χ1v) is 6.67. The number of hydrogen-bond donors (Lipinski definition) is 0. The molecule has 1 aromatic carbocycles. The molecule has 0 saturated carbocycles. The van der Waals surface area contributed by atoms with Crippen LogP contribution in [0, 0.1) is 11.3 Å². The quantitative estimate of drug-likeness (QED) is 0.734. The summed E-state index contributed by atoms with van der Waals surface area (Å²) in [4.78, 5) is 5.52. The van der Waals surface area contributed by atoms with Crippen molar-refractivity contribution in [2.75, 3.05) is 7.11 Å². The maximum Gasteiger partial charge on any atom is 0.194 e. The van der Waals surface area contributed by atoms with Crippen LogP contribution in [0.5, 0.6) is 5.75 Å². The predicted molar refractivity (Wildman–Crippen MR) is 74.4 cm³/mol. The van der Waals surface area contributed by atoms with E-state index in [0.29, 0.717) is 6.42 Å². The number of methoxy groups -OCH3 is 1. The molecular weight excluding hydrogens is 258 g/mol. The topological polar surface area (TPSA) is 50.3 Å². The first-order valence-electron chi connectivity index (χ1n) is 5.79. The monoisotopic (exact) mass is 269 g/mol. The van der Waals surface area contributed by atoms with Crippen molar-refractivity contribution in [3.05, 3.63) is 41.5 Å². The third-order valence-electron chi connectivity index (χ3n) is 2.97. The summed E-state index contributed by atoms with van der Waals surface area (Å²) in [5.41, 5.74) is 2.81. The van der Waals surface area contributed by atoms with Crippen LogP contribution < -0.4 is 4.74 Å². The Labute approximate surface area is 114 Å². The van der Waals surface area contributed by atoms with Crippen LogP contribution in [0.3, 0.4) is 0 Å². The van der Waals surface area contributed by atoms with Gasteiger partial charge in [-0.25, -0.2) is 4.98 Å². The normalized spacial score (nSPS) is 10.5. The maximum atomic E-state index is 8.98. The van der Waals surface area contributed by atoms with Crippen molar-refractivity contribution >= 4 is 16.3 Å². The van der Waals surface area contributed by atoms with Crippen molar-refractivity contribution < 1.29 is 4.74 Å². The van der Waals surface area contributed by atoms with Crippen LogP contribution in [-0.4, -0.2) is 16.5 Å². The number of thiazole rings is 1. The van der Waals surface area contributed by atoms with Crippen LogP contribution in [-0.2, 0) is 6.42 Å². The van der Waals surface area contributed by atoms with Gasteiger partial charge in [0.15, 0.2) is 4.96 Å². The van der Waals surface area contributed by atoms with Crippen molar-refractivity contribution in [3.8, 4) is 23.1 Å². The minimum Gasteiger partial charge on any atom is -0.497 e. The number of aromatic nitrogens is 2. The lowest BCUT2D eigenvalue weighted by molar-refractivity contribution is 0.415. The van der Waals surface area contributed by atoms with Crippen LogP contribution in [0.1, 0.15) is 5.69 Å². The summed E-state index contributed by atoms with van der Waals surface area (Å²) >= 11 is 1.57. The second-order valence-electron chi connectivity index (χ2n) is 4.03. The minimum absolute atomic E-state index is 0.346. The predicted octanol–water partition coefficient (Wildman–Crippen LogP) is 3.14. The number of imidazole rings is 1. The van der Waals surface area contributed by atoms with E-state index in [1.165, 1.54) is 0 Å². The fourth-order valence-electron chi connectivity index (χ4n) is 2.06. The van der Waals surface area contributed by atoms with Crippen molar-refractivity contribution in [2.45, 2.75) is 6.42 Å². The van der Waals surface area contributed by atoms with Gasteiger partial charge in [-0.1, -0.05) is 0 Å². The summed E-state index contributed by atoms with van der Waals surface area (Å²) in [6, 6.07) is 9.94. The number of hydrogen-bond acceptors (Lipinski definition) is 4. The summed E-state index contributed by atoms with van der Waals surface area (Å²) in [6.07, 6.45) is 2.30. The molecule has 0 aliphatic rings. The lowest BCUT2D eigenvalue weighted by Gasteiger charge is -2.03. The Kier molecular flexibility index (Phi) is 2.94. The van der Waals surface area contributed by atoms with E-state index in [1.54, 1.807) is 18.4 Å². The zero-order valence-electron chi connectivity index (χ0n) is 10.3. The molecular formula is C14H11N3OS. The standard InChI is InChI=1S/C14H11N3OS/c1-18-11-4-2-10(3-5-11)13-12(6-7-15)17-8-9-19-14(17)16-13/h2-5,8-9H,6H2,1H3. The van der Waals surface area contributed by atoms with Crippen LogP contribution in [0.4, 0.5) is 0 Å². The molecule has 0 atom stereocenters. The molecule has 5 heteroatoms. The van der Waals surface area contributed by atoms with Crippen LogP contribution in [0.2, 0.25) is 0 Å². The van der Waals surface area contributed by atoms with E-state index in [9.17, 15) is 0 Å². The Hall–Kier alpha value is -2.32. The van der Waals surface area contributed by atoms with E-state index in [-0.39, 0.29) is 0 Å². The van der Waals surface area contributed by atoms with Gasteiger partial charge in [0.1, 0.15) is 5.75 Å². The van der Waals surface area contributed by atoms with Crippen molar-refractivity contribution in [3.63, 3.8) is 0 Å². The molecule has 0 aliphatic heterocycles. The first kappa shape index (κ1) is 11.8. The molecule has 0 spiro atoms. The second kappa shape index (κ2) is 4.75. The van der Waals surface area contributed by atoms with Crippen molar-refractivity contribution in [2.24, 2.45) is 0 Å². The van der Waals surface area contributed by atoms with Gasteiger partial charge in [0.05, 0.1) is 31.0 Å². The molecule has 0 radical (unpaired) electrons. The van der Waals surface area contributed by atoms with E-state index >= 15 is 0 Å². The Bertz CT molecular complexity index is 749. The fraction of sp³-hybridized carbons (Fsp3) is 0.143. The summed E-state index contributed by atoms with van der Waals surface area (Å²) in [5, 5.41) is 11.0. The number of rotatable bonds is 3. The van der Waals surface area contributed by atoms with Gasteiger partial charge in [-0.2, -0.15) is 5.26 Å². The summed E-state index contributed by atoms with van der Waals surface area (Å²) in [6.45, 7) is 0. The van der Waals surface area contributed by atoms with Gasteiger partial charge in [-0.05, 0) is 24.3 Å². The molecule has 2 heterocycles. The van der Waals surface area contributed by atoms with E-state index in [1.807, 2.05) is 40.2 Å². The molecule has 0 N–H and O–H groups in total. The SMILES string of the molecule is COc1ccc(-c2nc3sccn3c2CC#N)cc1. The van der Waals surface area contributed by atoms with Gasteiger partial charge < -0.3 is 4.74 Å². The smallest absolute Gasteiger partial charge is 0.194 e. The zero-order valence-corrected chi connectivity index (χ0v) is 11.1. The lowest BCUT2D eigenvalue weighted by Crippen LogP contribution is -1.91. The van der Waals surface area contributed by atoms with Gasteiger partial charge >= 0.3 is 0 Å². The van der Waals surface area contributed by atoms with Crippen LogP contribution >= 0.6 is 11.3 Å². The maximum absolute atomic E-state index is 8.98. The molecule has 3 rings (SSSR count). The van der Waals surface area contributed by atoms with Crippen molar-refractivity contribution in [1.29, 1.82) is 5.26 Å². The molecule has 94 valence electrons. The highest BCUT2D eigenvalue weighted by atomic mass is 32.1. The minimum atomic E-state index is 0.346. The Morgan fingerprint density at radius 1 is 1.37 bits per heavy atom. The van der Waals surface area contributed by atoms with Gasteiger partial charge in [0.2, 0.25) is 0 Å². The Balaban J connectivity index is 2.14. The fourth-order valence-corrected chi connectivity index (χ4v) is 2.79. The molecule has 19 heavy (non-hydrogen) atoms. The largest absolute Gasteiger partial charge is 0.497 e. The average molecular weight is 269 g/mol. The summed E-state index contributed by atoms with van der Waals surface area (Å²) in [5.74, 6) is 0.812. The van der Waals surface area contributed by atoms with Gasteiger partial charge in [0.25, 0.3) is 0 Å². The molecule has 4 nitrogen and oxygen atoms in total. The third-order valence-corrected chi connectivity index (χ3v) is 3.73. The Morgan fingerprint density at radius 2 is 2.16 bits per heavy atom. The van der Waals surface area contributed by atoms with Gasteiger partial charge in [-0.15, -0.1) is 11.3 Å². The van der Waals surface area contributed by atoms with E-state index in [4.69, 9.17) is 10.00 Å². The van der Waals surface area contributed by atoms with Crippen LogP contribution in [0.15, 0.2) is 35.8 Å². The third kappa shape index (κ3) is 1.96. The van der Waals surface area contributed by atoms with Gasteiger partial charge in [-0.3, -0.25) is 4.40 Å². The Morgan fingerprint density at radius 3 is 2.84 bits per heavy atom. The number of benzene rings is 1. The molecule has 3 aromatic rings. The number of ether oxygens (including phenoxy) is 1. The van der Waals surface area contributed by atoms with E-state index in [2.05, 4.69) is 11.1 Å². The number of nitriles is 1. The molecule has 0 saturated heterocycles. The second-order valence-corrected chi connectivity index (χ2v) is 4.90. The highest BCUT2D eigenvalue weighted by molar-refractivity contribution is 7.15. The van der Waals surface area contributed by atoms with Crippen LogP contribution in [0.25, 0.3) is 16.2 Å². The molecule has 0 amide bonds. The lowest BCUT2D eigenvalue weighted by atomic mass is 10.1. The number of nitrogens with zero attached hydrogens (tertiary/aromatic N) is 3. The average Bonchev–Trinajstić information content (AvgIpc) is 3.02. The van der Waals surface area contributed by atoms with Gasteiger partial charge in [0, 0.05) is 17.1 Å². The van der Waals surface area contributed by atoms with E-state index < -0.39 is 0 Å². The van der Waals surface area contributed by atoms with E-state index in [0.717, 1.165) is 27.7 Å². The summed E-state index contributed by atoms with van der Waals surface area (Å²) < 4.78 is 7.13. The first-order chi connectivity index (χ1) is 9.33. The molecule has 0 unspecified atom stereocenters. The molecule has 2 aromatic heterocycles. The summed E-state index contributed by atoms with van der Waals surface area (Å²) in [7, 11) is 1.64. The highest BCUT2D eigenvalue weighted by Gasteiger charge is 2.14. The molecule has 0 bridgehead atoms.